The van der Waals surface area contributed by atoms with Gasteiger partial charge in [0, 0.05) is 25.4 Å². The Morgan fingerprint density at radius 3 is 2.65 bits per heavy atom. The molecule has 1 atom stereocenters. The summed E-state index contributed by atoms with van der Waals surface area (Å²) in [5.41, 5.74) is 0. The van der Waals surface area contributed by atoms with Gasteiger partial charge in [0.2, 0.25) is 5.91 Å². The molecule has 0 aliphatic carbocycles. The van der Waals surface area contributed by atoms with E-state index in [0.717, 1.165) is 31.8 Å². The molecule has 1 unspecified atom stereocenters. The van der Waals surface area contributed by atoms with Crippen molar-refractivity contribution in [1.29, 1.82) is 0 Å². The van der Waals surface area contributed by atoms with Crippen LogP contribution in [-0.4, -0.2) is 67.9 Å². The van der Waals surface area contributed by atoms with Gasteiger partial charge in [-0.1, -0.05) is 13.8 Å². The van der Waals surface area contributed by atoms with Crippen molar-refractivity contribution in [2.45, 2.75) is 59.0 Å². The van der Waals surface area contributed by atoms with Crippen molar-refractivity contribution in [2.75, 3.05) is 26.2 Å². The van der Waals surface area contributed by atoms with Crippen LogP contribution in [0.2, 0.25) is 0 Å². The Morgan fingerprint density at radius 2 is 1.92 bits per heavy atom. The average Bonchev–Trinajstić information content (AvgIpc) is 3.27. The summed E-state index contributed by atoms with van der Waals surface area (Å²) in [5, 5.41) is 11.8. The lowest BCUT2D eigenvalue weighted by atomic mass is 9.89. The molecule has 8 nitrogen and oxygen atoms in total. The smallest absolute Gasteiger partial charge is 0.244 e. The fraction of sp³-hybridized carbons (Fsp3) is 0.833. The Labute approximate surface area is 154 Å². The van der Waals surface area contributed by atoms with Crippen LogP contribution in [0.1, 0.15) is 51.8 Å². The third-order valence-electron chi connectivity index (χ3n) is 5.29. The molecule has 1 aromatic rings. The first-order valence-electron chi connectivity index (χ1n) is 9.81. The first-order chi connectivity index (χ1) is 12.5. The van der Waals surface area contributed by atoms with Crippen LogP contribution < -0.4 is 0 Å². The van der Waals surface area contributed by atoms with Crippen LogP contribution in [0.25, 0.3) is 0 Å². The van der Waals surface area contributed by atoms with Crippen LogP contribution in [0, 0.1) is 11.8 Å². The van der Waals surface area contributed by atoms with Crippen molar-refractivity contribution in [2.24, 2.45) is 11.8 Å². The van der Waals surface area contributed by atoms with E-state index in [2.05, 4.69) is 34.3 Å². The molecule has 0 aromatic carbocycles. The van der Waals surface area contributed by atoms with E-state index < -0.39 is 0 Å². The highest BCUT2D eigenvalue weighted by Crippen LogP contribution is 2.21. The first-order valence-corrected chi connectivity index (χ1v) is 9.81. The summed E-state index contributed by atoms with van der Waals surface area (Å²) in [6, 6.07) is 0. The Hall–Kier alpha value is -1.83. The van der Waals surface area contributed by atoms with E-state index in [1.54, 1.807) is 4.68 Å². The van der Waals surface area contributed by atoms with Crippen LogP contribution in [0.4, 0.5) is 0 Å². The fourth-order valence-corrected chi connectivity index (χ4v) is 3.86. The topological polar surface area (TPSA) is 84.2 Å². The van der Waals surface area contributed by atoms with Gasteiger partial charge in [0.1, 0.15) is 12.3 Å². The van der Waals surface area contributed by atoms with Gasteiger partial charge >= 0.3 is 0 Å². The zero-order valence-electron chi connectivity index (χ0n) is 15.9. The molecule has 2 aliphatic rings. The normalized spacial score (nSPS) is 21.5. The van der Waals surface area contributed by atoms with E-state index in [4.69, 9.17) is 0 Å². The standard InChI is InChI=1S/C18H30N6O2/c1-14(2)10-16(25)15-6-5-9-23(11-15)18(26)13-24-17(19-20-21-24)12-22-7-3-4-8-22/h14-15H,3-13H2,1-2H3. The number of hydrogen-bond acceptors (Lipinski definition) is 6. The largest absolute Gasteiger partial charge is 0.340 e. The highest BCUT2D eigenvalue weighted by Gasteiger charge is 2.29. The molecule has 2 aliphatic heterocycles. The van der Waals surface area contributed by atoms with Gasteiger partial charge in [-0.05, 0) is 55.1 Å². The van der Waals surface area contributed by atoms with Crippen LogP contribution in [0.3, 0.4) is 0 Å². The molecule has 0 spiro atoms. The molecular weight excluding hydrogens is 332 g/mol. The molecule has 2 saturated heterocycles. The fourth-order valence-electron chi connectivity index (χ4n) is 3.86. The molecule has 2 fully saturated rings. The minimum atomic E-state index is -0.0203. The maximum atomic E-state index is 12.7. The SMILES string of the molecule is CC(C)CC(=O)C1CCCN(C(=O)Cn2nnnc2CN2CCCC2)C1. The number of rotatable bonds is 7. The molecule has 1 amide bonds. The molecule has 1 aromatic heterocycles. The number of Topliss-reactive ketones (excluding diaryl/α,β-unsaturated/α-hetero) is 1. The van der Waals surface area contributed by atoms with Gasteiger partial charge < -0.3 is 4.90 Å². The lowest BCUT2D eigenvalue weighted by Crippen LogP contribution is -2.44. The predicted octanol–water partition coefficient (Wildman–Crippen LogP) is 1.12. The molecule has 0 N–H and O–H groups in total. The van der Waals surface area contributed by atoms with E-state index in [1.807, 2.05) is 4.90 Å². The number of amides is 1. The van der Waals surface area contributed by atoms with Gasteiger partial charge in [0.15, 0.2) is 5.82 Å². The third-order valence-corrected chi connectivity index (χ3v) is 5.29. The minimum absolute atomic E-state index is 0.00187. The van der Waals surface area contributed by atoms with Gasteiger partial charge in [-0.25, -0.2) is 4.68 Å². The Kier molecular flexibility index (Phi) is 6.34. The number of ketones is 1. The van der Waals surface area contributed by atoms with Crippen LogP contribution >= 0.6 is 0 Å². The third kappa shape index (κ3) is 4.87. The molecule has 0 saturated carbocycles. The molecule has 3 rings (SSSR count). The van der Waals surface area contributed by atoms with Crippen molar-refractivity contribution in [3.8, 4) is 0 Å². The number of aromatic nitrogens is 4. The van der Waals surface area contributed by atoms with Gasteiger partial charge in [-0.3, -0.25) is 14.5 Å². The number of hydrogen-bond donors (Lipinski definition) is 0. The molecule has 3 heterocycles. The highest BCUT2D eigenvalue weighted by molar-refractivity contribution is 5.83. The Morgan fingerprint density at radius 1 is 1.15 bits per heavy atom. The second-order valence-electron chi connectivity index (χ2n) is 7.98. The van der Waals surface area contributed by atoms with Crippen LogP contribution in [-0.2, 0) is 22.7 Å². The van der Waals surface area contributed by atoms with Gasteiger partial charge in [0.05, 0.1) is 6.54 Å². The number of tetrazole rings is 1. The van der Waals surface area contributed by atoms with Crippen molar-refractivity contribution < 1.29 is 9.59 Å². The number of carbonyl (C=O) groups is 2. The lowest BCUT2D eigenvalue weighted by Gasteiger charge is -2.32. The number of piperidine rings is 1. The van der Waals surface area contributed by atoms with E-state index in [-0.39, 0.29) is 24.2 Å². The molecular formula is C18H30N6O2. The summed E-state index contributed by atoms with van der Waals surface area (Å²) in [6.07, 6.45) is 4.79. The minimum Gasteiger partial charge on any atom is -0.340 e. The molecule has 8 heteroatoms. The van der Waals surface area contributed by atoms with Gasteiger partial charge in [-0.2, -0.15) is 0 Å². The highest BCUT2D eigenvalue weighted by atomic mass is 16.2. The number of nitrogens with zero attached hydrogens (tertiary/aromatic N) is 6. The summed E-state index contributed by atoms with van der Waals surface area (Å²) in [7, 11) is 0. The van der Waals surface area contributed by atoms with E-state index in [1.165, 1.54) is 12.8 Å². The van der Waals surface area contributed by atoms with E-state index in [0.29, 0.717) is 32.0 Å². The molecule has 0 radical (unpaired) electrons. The molecule has 144 valence electrons. The summed E-state index contributed by atoms with van der Waals surface area (Å²) in [6.45, 7) is 8.34. The maximum Gasteiger partial charge on any atom is 0.244 e. The summed E-state index contributed by atoms with van der Waals surface area (Å²) < 4.78 is 1.61. The predicted molar refractivity (Wildman–Crippen MR) is 96.1 cm³/mol. The zero-order valence-corrected chi connectivity index (χ0v) is 15.9. The summed E-state index contributed by atoms with van der Waals surface area (Å²) in [4.78, 5) is 29.2. The van der Waals surface area contributed by atoms with E-state index in [9.17, 15) is 9.59 Å². The summed E-state index contributed by atoms with van der Waals surface area (Å²) >= 11 is 0. The van der Waals surface area contributed by atoms with Crippen molar-refractivity contribution in [1.82, 2.24) is 30.0 Å². The second kappa shape index (κ2) is 8.70. The maximum absolute atomic E-state index is 12.7. The molecule has 0 bridgehead atoms. The lowest BCUT2D eigenvalue weighted by molar-refractivity contribution is -0.136. The van der Waals surface area contributed by atoms with Crippen LogP contribution in [0.5, 0.6) is 0 Å². The number of likely N-dealkylation sites (tertiary alicyclic amines) is 2. The average molecular weight is 362 g/mol. The monoisotopic (exact) mass is 362 g/mol. The number of carbonyl (C=O) groups excluding carboxylic acids is 2. The quantitative estimate of drug-likeness (QED) is 0.723. The first kappa shape index (κ1) is 18.9. The van der Waals surface area contributed by atoms with E-state index >= 15 is 0 Å². The Bertz CT molecular complexity index is 623. The zero-order chi connectivity index (χ0) is 18.5. The van der Waals surface area contributed by atoms with Crippen LogP contribution in [0.15, 0.2) is 0 Å². The summed E-state index contributed by atoms with van der Waals surface area (Å²) in [5.74, 6) is 1.37. The van der Waals surface area contributed by atoms with Crippen molar-refractivity contribution >= 4 is 11.7 Å². The van der Waals surface area contributed by atoms with Gasteiger partial charge in [-0.15, -0.1) is 5.10 Å². The second-order valence-corrected chi connectivity index (χ2v) is 7.98. The van der Waals surface area contributed by atoms with Gasteiger partial charge in [0.25, 0.3) is 0 Å². The Balaban J connectivity index is 1.56. The molecule has 26 heavy (non-hydrogen) atoms. The van der Waals surface area contributed by atoms with Crippen molar-refractivity contribution in [3.05, 3.63) is 5.82 Å². The van der Waals surface area contributed by atoms with Crippen molar-refractivity contribution in [3.63, 3.8) is 0 Å².